The predicted molar refractivity (Wildman–Crippen MR) is 190 cm³/mol. The van der Waals surface area contributed by atoms with E-state index in [1.165, 1.54) is 19.3 Å². The Morgan fingerprint density at radius 2 is 1.65 bits per heavy atom. The average molecular weight is 723 g/mol. The van der Waals surface area contributed by atoms with Gasteiger partial charge >= 0.3 is 0 Å². The van der Waals surface area contributed by atoms with Crippen LogP contribution in [0.1, 0.15) is 107 Å². The summed E-state index contributed by atoms with van der Waals surface area (Å²) in [6, 6.07) is 0. The Kier molecular flexibility index (Phi) is 9.01. The van der Waals surface area contributed by atoms with Gasteiger partial charge in [0.1, 0.15) is 6.10 Å². The van der Waals surface area contributed by atoms with Gasteiger partial charge in [-0.3, -0.25) is 9.80 Å². The van der Waals surface area contributed by atoms with Gasteiger partial charge in [-0.05, 0) is 117 Å². The van der Waals surface area contributed by atoms with Crippen LogP contribution in [0.3, 0.4) is 0 Å². The highest BCUT2D eigenvalue weighted by atomic mass is 19.3. The molecule has 5 aliphatic carbocycles. The van der Waals surface area contributed by atoms with Crippen LogP contribution in [0.15, 0.2) is 0 Å². The van der Waals surface area contributed by atoms with Crippen molar-refractivity contribution < 1.29 is 37.9 Å². The van der Waals surface area contributed by atoms with Gasteiger partial charge in [-0.15, -0.1) is 0 Å². The molecular weight excluding hydrogens is 654 g/mol. The molecule has 0 amide bonds. The highest BCUT2D eigenvalue weighted by Gasteiger charge is 2.84. The second kappa shape index (κ2) is 12.3. The maximum absolute atomic E-state index is 13.3. The summed E-state index contributed by atoms with van der Waals surface area (Å²) in [4.78, 5) is 4.16. The normalized spacial score (nSPS) is 50.9. The molecule has 51 heavy (non-hydrogen) atoms. The van der Waals surface area contributed by atoms with Crippen molar-refractivity contribution in [2.24, 2.45) is 50.7 Å². The molecule has 0 bridgehead atoms. The minimum absolute atomic E-state index is 0.00173. The smallest absolute Gasteiger partial charge is 0.272 e. The number of rotatable bonds is 9. The van der Waals surface area contributed by atoms with Gasteiger partial charge in [0.15, 0.2) is 6.29 Å². The van der Waals surface area contributed by atoms with Crippen LogP contribution in [0.25, 0.3) is 0 Å². The van der Waals surface area contributed by atoms with E-state index < -0.39 is 23.7 Å². The summed E-state index contributed by atoms with van der Waals surface area (Å²) in [5.41, 5.74) is -0.726. The fraction of sp³-hybridized carbons (Fsp3) is 1.00. The summed E-state index contributed by atoms with van der Waals surface area (Å²) in [7, 11) is 0. The van der Waals surface area contributed by atoms with Crippen molar-refractivity contribution in [2.75, 3.05) is 52.5 Å². The lowest BCUT2D eigenvalue weighted by Gasteiger charge is -2.64. The number of morpholine rings is 1. The quantitative estimate of drug-likeness (QED) is 0.302. The largest absolute Gasteiger partial charge is 0.390 e. The number of fused-ring (bicyclic) bond motifs is 4. The zero-order valence-corrected chi connectivity index (χ0v) is 32.8. The van der Waals surface area contributed by atoms with Gasteiger partial charge in [-0.2, -0.15) is 0 Å². The van der Waals surface area contributed by atoms with Crippen LogP contribution in [-0.2, 0) is 18.9 Å². The molecule has 8 rings (SSSR count). The fourth-order valence-electron chi connectivity index (χ4n) is 14.9. The minimum atomic E-state index is -2.52. The maximum atomic E-state index is 13.3. The summed E-state index contributed by atoms with van der Waals surface area (Å²) >= 11 is 0. The Balaban J connectivity index is 0.968. The highest BCUT2D eigenvalue weighted by Crippen LogP contribution is 2.89. The summed E-state index contributed by atoms with van der Waals surface area (Å²) in [6.45, 7) is 21.6. The number of alkyl halides is 2. The van der Waals surface area contributed by atoms with Crippen LogP contribution in [0.2, 0.25) is 0 Å². The first-order chi connectivity index (χ1) is 23.8. The highest BCUT2D eigenvalue weighted by molar-refractivity contribution is 5.33. The van der Waals surface area contributed by atoms with Gasteiger partial charge in [-0.1, -0.05) is 34.6 Å². The number of nitrogens with zero attached hydrogens (tertiary/aromatic N) is 2. The summed E-state index contributed by atoms with van der Waals surface area (Å²) in [5.74, 6) is -0.844. The molecule has 3 aliphatic heterocycles. The van der Waals surface area contributed by atoms with Crippen LogP contribution in [0.5, 0.6) is 0 Å². The van der Waals surface area contributed by atoms with Crippen LogP contribution >= 0.6 is 0 Å². The Bertz CT molecular complexity index is 1320. The minimum Gasteiger partial charge on any atom is -0.390 e. The van der Waals surface area contributed by atoms with E-state index in [1.54, 1.807) is 0 Å². The second-order valence-electron chi connectivity index (χ2n) is 20.4. The lowest BCUT2D eigenvalue weighted by atomic mass is 9.41. The van der Waals surface area contributed by atoms with Gasteiger partial charge in [0.2, 0.25) is 0 Å². The maximum Gasteiger partial charge on any atom is 0.272 e. The van der Waals surface area contributed by atoms with Gasteiger partial charge < -0.3 is 29.2 Å². The van der Waals surface area contributed by atoms with Gasteiger partial charge in [0.25, 0.3) is 5.92 Å². The molecular formula is C41H68F2N2O6. The first-order valence-electron chi connectivity index (χ1n) is 20.6. The number of ether oxygens (including phenoxy) is 4. The molecule has 14 atom stereocenters. The Hall–Kier alpha value is -0.460. The van der Waals surface area contributed by atoms with Crippen LogP contribution in [0.4, 0.5) is 8.78 Å². The van der Waals surface area contributed by atoms with E-state index in [2.05, 4.69) is 39.5 Å². The molecule has 3 saturated heterocycles. The summed E-state index contributed by atoms with van der Waals surface area (Å²) in [5, 5.41) is 23.7. The Morgan fingerprint density at radius 3 is 2.33 bits per heavy atom. The number of likely N-dealkylation sites (tertiary alicyclic amines) is 1. The van der Waals surface area contributed by atoms with E-state index in [0.29, 0.717) is 49.5 Å². The van der Waals surface area contributed by atoms with Crippen molar-refractivity contribution in [3.63, 3.8) is 0 Å². The monoisotopic (exact) mass is 723 g/mol. The molecule has 3 unspecified atom stereocenters. The fourth-order valence-corrected chi connectivity index (χ4v) is 14.9. The SMILES string of the molecule is CCO[C@@H](C1C[C@@H](C)[C@H]2C(O1)[C@H](O)[C@@]1(C)C3CC[C@H]4C(C)(C)[C@@H](O[C@H]5CN(CCN6CC(F)(F)C6)CCO5)CC[C@@]45C[C@@]35CC[C@]21C)C(C)(C)O. The van der Waals surface area contributed by atoms with Crippen molar-refractivity contribution in [1.82, 2.24) is 9.80 Å². The third-order valence-electron chi connectivity index (χ3n) is 17.2. The molecule has 0 aromatic carbocycles. The second-order valence-corrected chi connectivity index (χ2v) is 20.4. The third kappa shape index (κ3) is 5.43. The molecule has 8 fully saturated rings. The molecule has 8 aliphatic rings. The molecule has 2 spiro atoms. The number of halogens is 2. The third-order valence-corrected chi connectivity index (χ3v) is 17.2. The Labute approximate surface area is 305 Å². The van der Waals surface area contributed by atoms with Gasteiger partial charge in [-0.25, -0.2) is 8.78 Å². The van der Waals surface area contributed by atoms with Crippen LogP contribution in [-0.4, -0.2) is 121 Å². The van der Waals surface area contributed by atoms with Crippen LogP contribution < -0.4 is 0 Å². The van der Waals surface area contributed by atoms with Crippen molar-refractivity contribution in [1.29, 1.82) is 0 Å². The number of hydrogen-bond acceptors (Lipinski definition) is 8. The molecule has 292 valence electrons. The number of aliphatic hydroxyl groups is 2. The van der Waals surface area contributed by atoms with Gasteiger partial charge in [0.05, 0.1) is 49.7 Å². The first kappa shape index (κ1) is 37.5. The van der Waals surface area contributed by atoms with E-state index in [9.17, 15) is 19.0 Å². The van der Waals surface area contributed by atoms with Gasteiger partial charge in [0, 0.05) is 38.2 Å². The molecule has 0 radical (unpaired) electrons. The molecule has 0 aromatic rings. The summed E-state index contributed by atoms with van der Waals surface area (Å²) < 4.78 is 52.8. The molecule has 0 aromatic heterocycles. The lowest BCUT2D eigenvalue weighted by molar-refractivity contribution is -0.249. The van der Waals surface area contributed by atoms with E-state index in [1.807, 2.05) is 25.7 Å². The van der Waals surface area contributed by atoms with E-state index in [-0.39, 0.29) is 65.3 Å². The van der Waals surface area contributed by atoms with Crippen molar-refractivity contribution in [2.45, 2.75) is 155 Å². The molecule has 2 N–H and O–H groups in total. The standard InChI is InChI=1S/C41H68F2N2O6/c1-9-48-34(36(5,6)47)26-20-25(2)31-32(50-26)33(46)38(8)28-11-10-27-35(3,4)29(12-13-39(27)22-40(28,39)15-14-37(31,38)7)51-30-21-44(18-19-49-30)16-17-45-23-41(42,43)24-45/h25-34,46-47H,9-24H2,1-8H3/t25-,26?,27+,28?,29+,30+,31+,32?,33+,34+,37-,38-,39-,40+/m1/s1. The summed E-state index contributed by atoms with van der Waals surface area (Å²) in [6.07, 6.45) is 7.34. The zero-order chi connectivity index (χ0) is 36.6. The van der Waals surface area contributed by atoms with E-state index >= 15 is 0 Å². The van der Waals surface area contributed by atoms with E-state index in [4.69, 9.17) is 18.9 Å². The zero-order valence-electron chi connectivity index (χ0n) is 32.8. The Morgan fingerprint density at radius 1 is 0.961 bits per heavy atom. The van der Waals surface area contributed by atoms with E-state index in [0.717, 1.165) is 45.2 Å². The average Bonchev–Trinajstić information content (AvgIpc) is 3.67. The molecule has 3 heterocycles. The van der Waals surface area contributed by atoms with Crippen molar-refractivity contribution >= 4 is 0 Å². The number of hydrogen-bond donors (Lipinski definition) is 2. The van der Waals surface area contributed by atoms with Crippen molar-refractivity contribution in [3.05, 3.63) is 0 Å². The number of aliphatic hydroxyl groups excluding tert-OH is 1. The van der Waals surface area contributed by atoms with Crippen LogP contribution in [0, 0.1) is 50.7 Å². The molecule has 8 nitrogen and oxygen atoms in total. The first-order valence-corrected chi connectivity index (χ1v) is 20.6. The topological polar surface area (TPSA) is 83.9 Å². The molecule has 10 heteroatoms. The lowest BCUT2D eigenvalue weighted by Crippen LogP contribution is -2.60. The molecule has 5 saturated carbocycles. The van der Waals surface area contributed by atoms with Crippen molar-refractivity contribution in [3.8, 4) is 0 Å². The predicted octanol–water partition coefficient (Wildman–Crippen LogP) is 5.97.